The van der Waals surface area contributed by atoms with E-state index >= 15 is 0 Å². The van der Waals surface area contributed by atoms with Crippen LogP contribution in [0.5, 0.6) is 0 Å². The van der Waals surface area contributed by atoms with Gasteiger partial charge in [0.2, 0.25) is 11.8 Å². The van der Waals surface area contributed by atoms with Crippen LogP contribution >= 0.6 is 12.2 Å². The van der Waals surface area contributed by atoms with Crippen molar-refractivity contribution >= 4 is 29.7 Å². The van der Waals surface area contributed by atoms with Gasteiger partial charge in [-0.3, -0.25) is 19.3 Å². The van der Waals surface area contributed by atoms with Crippen molar-refractivity contribution < 1.29 is 9.59 Å². The minimum Gasteiger partial charge on any atom is -0.347 e. The lowest BCUT2D eigenvalue weighted by atomic mass is 10.1. The maximum absolute atomic E-state index is 12.3. The molecule has 0 fully saturated rings. The van der Waals surface area contributed by atoms with Gasteiger partial charge >= 0.3 is 0 Å². The zero-order valence-corrected chi connectivity index (χ0v) is 17.9. The summed E-state index contributed by atoms with van der Waals surface area (Å²) in [6.07, 6.45) is 1.00. The van der Waals surface area contributed by atoms with Gasteiger partial charge in [0.25, 0.3) is 0 Å². The number of aromatic amines is 1. The predicted octanol–water partition coefficient (Wildman–Crippen LogP) is 3.62. The van der Waals surface area contributed by atoms with Gasteiger partial charge in [0, 0.05) is 24.2 Å². The molecule has 0 bridgehead atoms. The molecular formula is C22H25N5O2S. The number of para-hydroxylation sites is 1. The quantitative estimate of drug-likeness (QED) is 0.483. The van der Waals surface area contributed by atoms with E-state index < -0.39 is 0 Å². The first-order chi connectivity index (χ1) is 14.5. The highest BCUT2D eigenvalue weighted by atomic mass is 32.1. The van der Waals surface area contributed by atoms with Crippen LogP contribution in [0.1, 0.15) is 24.5 Å². The number of nitrogens with zero attached hydrogens (tertiary/aromatic N) is 2. The summed E-state index contributed by atoms with van der Waals surface area (Å²) < 4.78 is 2.24. The average molecular weight is 424 g/mol. The maximum atomic E-state index is 12.3. The minimum absolute atomic E-state index is 0.0849. The van der Waals surface area contributed by atoms with Crippen LogP contribution in [0.2, 0.25) is 0 Å². The first kappa shape index (κ1) is 21.4. The second-order valence-electron chi connectivity index (χ2n) is 6.96. The predicted molar refractivity (Wildman–Crippen MR) is 120 cm³/mol. The number of amides is 2. The summed E-state index contributed by atoms with van der Waals surface area (Å²) in [7, 11) is 0. The Balaban J connectivity index is 1.55. The Hall–Kier alpha value is -3.26. The van der Waals surface area contributed by atoms with Crippen LogP contribution in [-0.4, -0.2) is 33.1 Å². The lowest BCUT2D eigenvalue weighted by molar-refractivity contribution is -0.124. The Labute approximate surface area is 180 Å². The van der Waals surface area contributed by atoms with Crippen molar-refractivity contribution in [1.29, 1.82) is 0 Å². The van der Waals surface area contributed by atoms with Gasteiger partial charge in [-0.2, -0.15) is 5.10 Å². The molecule has 8 heteroatoms. The molecule has 2 aromatic carbocycles. The number of hydrogen-bond acceptors (Lipinski definition) is 4. The second kappa shape index (κ2) is 9.98. The fraction of sp³-hybridized carbons (Fsp3) is 0.273. The fourth-order valence-corrected chi connectivity index (χ4v) is 3.38. The van der Waals surface area contributed by atoms with Crippen molar-refractivity contribution in [3.05, 3.63) is 64.4 Å². The summed E-state index contributed by atoms with van der Waals surface area (Å²) >= 11 is 5.31. The summed E-state index contributed by atoms with van der Waals surface area (Å²) in [4.78, 5) is 24.4. The number of carbonyl (C=O) groups is 2. The molecule has 0 radical (unpaired) electrons. The summed E-state index contributed by atoms with van der Waals surface area (Å²) in [6, 6.07) is 15.5. The Kier molecular flexibility index (Phi) is 7.13. The molecule has 0 atom stereocenters. The van der Waals surface area contributed by atoms with E-state index in [4.69, 9.17) is 12.2 Å². The molecule has 7 nitrogen and oxygen atoms in total. The highest BCUT2D eigenvalue weighted by Gasteiger charge is 2.12. The molecule has 2 amide bonds. The molecule has 1 aromatic heterocycles. The van der Waals surface area contributed by atoms with Gasteiger partial charge in [-0.05, 0) is 43.3 Å². The molecule has 0 saturated carbocycles. The van der Waals surface area contributed by atoms with Crippen molar-refractivity contribution in [2.75, 3.05) is 11.9 Å². The third kappa shape index (κ3) is 5.42. The molecule has 3 rings (SSSR count). The molecule has 0 saturated heterocycles. The monoisotopic (exact) mass is 423 g/mol. The maximum Gasteiger partial charge on any atom is 0.243 e. The van der Waals surface area contributed by atoms with Gasteiger partial charge in [0.1, 0.15) is 0 Å². The van der Waals surface area contributed by atoms with Crippen molar-refractivity contribution in [1.82, 2.24) is 20.1 Å². The normalized spacial score (nSPS) is 10.6. The van der Waals surface area contributed by atoms with Crippen LogP contribution in [0.3, 0.4) is 0 Å². The molecule has 156 valence electrons. The fourth-order valence-electron chi connectivity index (χ4n) is 3.16. The Bertz CT molecular complexity index is 1100. The Morgan fingerprint density at radius 2 is 1.93 bits per heavy atom. The van der Waals surface area contributed by atoms with E-state index in [1.807, 2.05) is 62.4 Å². The SMILES string of the molecule is CCc1ccccc1NC(=O)CNC(=O)CCn1c(-c2cccc(C)c2)n[nH]c1=S. The van der Waals surface area contributed by atoms with Crippen molar-refractivity contribution in [2.45, 2.75) is 33.2 Å². The van der Waals surface area contributed by atoms with Crippen LogP contribution in [0.4, 0.5) is 5.69 Å². The van der Waals surface area contributed by atoms with Crippen LogP contribution in [0.15, 0.2) is 48.5 Å². The molecule has 0 unspecified atom stereocenters. The number of nitrogens with one attached hydrogen (secondary N) is 3. The molecule has 3 N–H and O–H groups in total. The van der Waals surface area contributed by atoms with E-state index in [9.17, 15) is 9.59 Å². The molecule has 0 aliphatic carbocycles. The largest absolute Gasteiger partial charge is 0.347 e. The molecule has 30 heavy (non-hydrogen) atoms. The van der Waals surface area contributed by atoms with Gasteiger partial charge in [-0.1, -0.05) is 48.9 Å². The van der Waals surface area contributed by atoms with Crippen molar-refractivity contribution in [3.8, 4) is 11.4 Å². The van der Waals surface area contributed by atoms with E-state index in [2.05, 4.69) is 20.8 Å². The van der Waals surface area contributed by atoms with E-state index in [1.165, 1.54) is 0 Å². The zero-order chi connectivity index (χ0) is 21.5. The molecule has 1 heterocycles. The number of benzene rings is 2. The zero-order valence-electron chi connectivity index (χ0n) is 17.1. The van der Waals surface area contributed by atoms with Gasteiger partial charge in [0.15, 0.2) is 10.6 Å². The third-order valence-electron chi connectivity index (χ3n) is 4.72. The van der Waals surface area contributed by atoms with E-state index in [1.54, 1.807) is 4.57 Å². The highest BCUT2D eigenvalue weighted by molar-refractivity contribution is 7.71. The van der Waals surface area contributed by atoms with Gasteiger partial charge in [-0.15, -0.1) is 0 Å². The molecular weight excluding hydrogens is 398 g/mol. The smallest absolute Gasteiger partial charge is 0.243 e. The van der Waals surface area contributed by atoms with Crippen LogP contribution in [0, 0.1) is 11.7 Å². The van der Waals surface area contributed by atoms with Gasteiger partial charge in [0.05, 0.1) is 6.54 Å². The Morgan fingerprint density at radius 1 is 1.13 bits per heavy atom. The highest BCUT2D eigenvalue weighted by Crippen LogP contribution is 2.19. The number of aryl methyl sites for hydroxylation is 2. The molecule has 0 aliphatic rings. The van der Waals surface area contributed by atoms with Crippen LogP contribution in [-0.2, 0) is 22.6 Å². The lowest BCUT2D eigenvalue weighted by Crippen LogP contribution is -2.33. The number of H-pyrrole nitrogens is 1. The summed E-state index contributed by atoms with van der Waals surface area (Å²) in [5.41, 5.74) is 3.86. The average Bonchev–Trinajstić information content (AvgIpc) is 3.11. The van der Waals surface area contributed by atoms with Crippen LogP contribution in [0.25, 0.3) is 11.4 Å². The number of anilines is 1. The summed E-state index contributed by atoms with van der Waals surface area (Å²) in [5.74, 6) is 0.197. The number of hydrogen-bond donors (Lipinski definition) is 3. The Morgan fingerprint density at radius 3 is 2.70 bits per heavy atom. The first-order valence-electron chi connectivity index (χ1n) is 9.84. The van der Waals surface area contributed by atoms with Gasteiger partial charge in [-0.25, -0.2) is 0 Å². The number of carbonyl (C=O) groups excluding carboxylic acids is 2. The van der Waals surface area contributed by atoms with Crippen molar-refractivity contribution in [2.24, 2.45) is 0 Å². The van der Waals surface area contributed by atoms with Crippen molar-refractivity contribution in [3.63, 3.8) is 0 Å². The third-order valence-corrected chi connectivity index (χ3v) is 5.03. The molecule has 3 aromatic rings. The van der Waals surface area contributed by atoms with E-state index in [0.717, 1.165) is 28.8 Å². The first-order valence-corrected chi connectivity index (χ1v) is 10.3. The molecule has 0 aliphatic heterocycles. The summed E-state index contributed by atoms with van der Waals surface area (Å²) in [5, 5.41) is 12.6. The lowest BCUT2D eigenvalue weighted by Gasteiger charge is -2.11. The minimum atomic E-state index is -0.260. The van der Waals surface area contributed by atoms with E-state index in [0.29, 0.717) is 17.1 Å². The number of rotatable bonds is 8. The molecule has 0 spiro atoms. The number of aromatic nitrogens is 3. The standard InChI is InChI=1S/C22H25N5O2S/c1-3-16-8-4-5-10-18(16)24-20(29)14-23-19(28)11-12-27-21(25-26-22(27)30)17-9-6-7-15(2)13-17/h4-10,13H,3,11-12,14H2,1-2H3,(H,23,28)(H,24,29)(H,26,30). The van der Waals surface area contributed by atoms with Gasteiger partial charge < -0.3 is 10.6 Å². The van der Waals surface area contributed by atoms with Crippen LogP contribution < -0.4 is 10.6 Å². The topological polar surface area (TPSA) is 91.8 Å². The van der Waals surface area contributed by atoms with E-state index in [-0.39, 0.29) is 24.8 Å². The summed E-state index contributed by atoms with van der Waals surface area (Å²) in [6.45, 7) is 4.31. The second-order valence-corrected chi connectivity index (χ2v) is 7.35.